The smallest absolute Gasteiger partial charge is 0.336 e. The number of hydrogen-bond donors (Lipinski definition) is 4. The maximum absolute atomic E-state index is 12.1. The first kappa shape index (κ1) is 44.3. The van der Waals surface area contributed by atoms with Crippen LogP contribution in [0.3, 0.4) is 0 Å². The van der Waals surface area contributed by atoms with E-state index in [1.165, 1.54) is 24.3 Å². The summed E-state index contributed by atoms with van der Waals surface area (Å²) < 4.78 is 0. The predicted molar refractivity (Wildman–Crippen MR) is 239 cm³/mol. The molecule has 0 radical (unpaired) electrons. The summed E-state index contributed by atoms with van der Waals surface area (Å²) in [6.07, 6.45) is 0. The lowest BCUT2D eigenvalue weighted by molar-refractivity contribution is 0.0682. The van der Waals surface area contributed by atoms with Crippen LogP contribution in [0.15, 0.2) is 121 Å². The summed E-state index contributed by atoms with van der Waals surface area (Å²) >= 11 is 0. The maximum Gasteiger partial charge on any atom is 0.336 e. The molecular weight excluding hydrogens is 753 g/mol. The van der Waals surface area contributed by atoms with Gasteiger partial charge in [-0.05, 0) is 92.4 Å². The van der Waals surface area contributed by atoms with Crippen LogP contribution < -0.4 is 0 Å². The fourth-order valence-corrected chi connectivity index (χ4v) is 7.29. The molecule has 0 aliphatic carbocycles. The van der Waals surface area contributed by atoms with E-state index in [0.29, 0.717) is 56.3 Å². The molecule has 6 aromatic rings. The zero-order chi connectivity index (χ0) is 44.0. The van der Waals surface area contributed by atoms with Gasteiger partial charge in [0.15, 0.2) is 0 Å². The third kappa shape index (κ3) is 9.72. The molecule has 0 saturated heterocycles. The fourth-order valence-electron chi connectivity index (χ4n) is 7.29. The summed E-state index contributed by atoms with van der Waals surface area (Å²) in [4.78, 5) is 48.3. The molecule has 8 nitrogen and oxygen atoms in total. The van der Waals surface area contributed by atoms with Gasteiger partial charge >= 0.3 is 23.9 Å². The first-order valence-electron chi connectivity index (χ1n) is 20.1. The molecule has 60 heavy (non-hydrogen) atoms. The van der Waals surface area contributed by atoms with Gasteiger partial charge in [-0.25, -0.2) is 19.2 Å². The highest BCUT2D eigenvalue weighted by Gasteiger charge is 2.25. The Labute approximate surface area is 351 Å². The number of carboxylic acid groups (broad SMARTS) is 4. The topological polar surface area (TPSA) is 149 Å². The van der Waals surface area contributed by atoms with E-state index < -0.39 is 23.9 Å². The summed E-state index contributed by atoms with van der Waals surface area (Å²) in [5.41, 5.74) is 9.22. The maximum atomic E-state index is 12.1. The van der Waals surface area contributed by atoms with Crippen LogP contribution in [-0.4, -0.2) is 44.3 Å². The Morgan fingerprint density at radius 3 is 0.800 bits per heavy atom. The monoisotopic (exact) mass is 804 g/mol. The minimum Gasteiger partial charge on any atom is -0.478 e. The molecule has 0 heterocycles. The van der Waals surface area contributed by atoms with Gasteiger partial charge in [-0.1, -0.05) is 152 Å². The number of hydrogen-bond acceptors (Lipinski definition) is 4. The Bertz CT molecular complexity index is 2370. The normalized spacial score (nSPS) is 11.1. The standard InChI is InChI=1S/2C26H26O4/c1-15(2)17-5-9-19(10-6-17)23-21(25(27)28)13-14-22(26(29)30)24(23)20-11-7-18(8-12-20)16(3)4;1-15(2)17-7-5-9-19(13-17)23-21(25(27)28)11-12-22(26(29)30)24(23)20-10-6-8-18(14-20)16(3)4/h2*5-16H,1-4H3,(H,27,28)(H,29,30). The summed E-state index contributed by atoms with van der Waals surface area (Å²) in [5.74, 6) is -3.15. The molecule has 0 atom stereocenters. The molecule has 0 bridgehead atoms. The Morgan fingerprint density at radius 1 is 0.317 bits per heavy atom. The molecular formula is C52H52O8. The molecule has 0 amide bonds. The van der Waals surface area contributed by atoms with Crippen LogP contribution in [0, 0.1) is 0 Å². The van der Waals surface area contributed by atoms with Crippen molar-refractivity contribution in [3.8, 4) is 44.5 Å². The van der Waals surface area contributed by atoms with Gasteiger partial charge in [-0.3, -0.25) is 0 Å². The summed E-state index contributed by atoms with van der Waals surface area (Å²) in [5, 5.41) is 39.5. The lowest BCUT2D eigenvalue weighted by Crippen LogP contribution is -2.08. The van der Waals surface area contributed by atoms with Crippen molar-refractivity contribution in [2.75, 3.05) is 0 Å². The molecule has 308 valence electrons. The molecule has 6 rings (SSSR count). The van der Waals surface area contributed by atoms with Gasteiger partial charge in [0.05, 0.1) is 22.3 Å². The summed E-state index contributed by atoms with van der Waals surface area (Å²) in [6, 6.07) is 36.2. The number of rotatable bonds is 12. The number of carboxylic acids is 4. The second kappa shape index (κ2) is 18.9. The molecule has 0 saturated carbocycles. The highest BCUT2D eigenvalue weighted by atomic mass is 16.4. The molecule has 0 aliphatic rings. The summed E-state index contributed by atoms with van der Waals surface area (Å²) in [6.45, 7) is 16.6. The highest BCUT2D eigenvalue weighted by Crippen LogP contribution is 2.41. The molecule has 8 heteroatoms. The molecule has 0 spiro atoms. The number of benzene rings is 6. The van der Waals surface area contributed by atoms with E-state index in [0.717, 1.165) is 22.3 Å². The lowest BCUT2D eigenvalue weighted by atomic mass is 9.85. The SMILES string of the molecule is CC(C)c1ccc(-c2c(C(=O)O)ccc(C(=O)O)c2-c2ccc(C(C)C)cc2)cc1.CC(C)c1cccc(-c2c(C(=O)O)ccc(C(=O)O)c2-c2cccc(C(C)C)c2)c1. The second-order valence-corrected chi connectivity index (χ2v) is 16.2. The zero-order valence-electron chi connectivity index (χ0n) is 35.3. The first-order chi connectivity index (χ1) is 28.4. The average Bonchev–Trinajstić information content (AvgIpc) is 3.22. The predicted octanol–water partition coefficient (Wildman–Crippen LogP) is 13.3. The van der Waals surface area contributed by atoms with Gasteiger partial charge in [0, 0.05) is 22.3 Å². The molecule has 0 unspecified atom stereocenters. The van der Waals surface area contributed by atoms with Crippen molar-refractivity contribution in [2.45, 2.75) is 79.1 Å². The van der Waals surface area contributed by atoms with E-state index in [2.05, 4.69) is 55.4 Å². The van der Waals surface area contributed by atoms with Crippen molar-refractivity contribution < 1.29 is 39.6 Å². The van der Waals surface area contributed by atoms with E-state index in [-0.39, 0.29) is 34.1 Å². The van der Waals surface area contributed by atoms with Crippen LogP contribution in [0.2, 0.25) is 0 Å². The zero-order valence-corrected chi connectivity index (χ0v) is 35.3. The summed E-state index contributed by atoms with van der Waals surface area (Å²) in [7, 11) is 0. The average molecular weight is 805 g/mol. The minimum atomic E-state index is -1.09. The highest BCUT2D eigenvalue weighted by molar-refractivity contribution is 6.09. The van der Waals surface area contributed by atoms with Gasteiger partial charge in [0.2, 0.25) is 0 Å². The molecule has 4 N–H and O–H groups in total. The Hall–Kier alpha value is -6.80. The lowest BCUT2D eigenvalue weighted by Gasteiger charge is -2.18. The van der Waals surface area contributed by atoms with Crippen molar-refractivity contribution in [1.82, 2.24) is 0 Å². The molecule has 0 aliphatic heterocycles. The van der Waals surface area contributed by atoms with Gasteiger partial charge in [-0.2, -0.15) is 0 Å². The fraction of sp³-hybridized carbons (Fsp3) is 0.231. The largest absolute Gasteiger partial charge is 0.478 e. The van der Waals surface area contributed by atoms with Gasteiger partial charge < -0.3 is 20.4 Å². The van der Waals surface area contributed by atoms with Crippen molar-refractivity contribution in [3.05, 3.63) is 166 Å². The number of aromatic carboxylic acids is 4. The van der Waals surface area contributed by atoms with Gasteiger partial charge in [0.25, 0.3) is 0 Å². The van der Waals surface area contributed by atoms with E-state index in [4.69, 9.17) is 0 Å². The van der Waals surface area contributed by atoms with Crippen LogP contribution >= 0.6 is 0 Å². The van der Waals surface area contributed by atoms with Crippen molar-refractivity contribution in [3.63, 3.8) is 0 Å². The third-order valence-electron chi connectivity index (χ3n) is 10.7. The van der Waals surface area contributed by atoms with Gasteiger partial charge in [-0.15, -0.1) is 0 Å². The first-order valence-corrected chi connectivity index (χ1v) is 20.1. The Morgan fingerprint density at radius 2 is 0.567 bits per heavy atom. The van der Waals surface area contributed by atoms with E-state index in [1.807, 2.05) is 97.1 Å². The van der Waals surface area contributed by atoms with Crippen LogP contribution in [-0.2, 0) is 0 Å². The quantitative estimate of drug-likeness (QED) is 0.0955. The second-order valence-electron chi connectivity index (χ2n) is 16.2. The molecule has 6 aromatic carbocycles. The third-order valence-corrected chi connectivity index (χ3v) is 10.7. The number of carbonyl (C=O) groups is 4. The minimum absolute atomic E-state index is 0.0835. The van der Waals surface area contributed by atoms with E-state index in [9.17, 15) is 39.6 Å². The Balaban J connectivity index is 0.000000228. The van der Waals surface area contributed by atoms with Crippen LogP contribution in [0.1, 0.15) is 143 Å². The van der Waals surface area contributed by atoms with Crippen LogP contribution in [0.25, 0.3) is 44.5 Å². The van der Waals surface area contributed by atoms with Crippen LogP contribution in [0.4, 0.5) is 0 Å². The van der Waals surface area contributed by atoms with Crippen molar-refractivity contribution in [2.24, 2.45) is 0 Å². The Kier molecular flexibility index (Phi) is 13.9. The van der Waals surface area contributed by atoms with Crippen molar-refractivity contribution in [1.29, 1.82) is 0 Å². The van der Waals surface area contributed by atoms with Gasteiger partial charge in [0.1, 0.15) is 0 Å². The van der Waals surface area contributed by atoms with E-state index >= 15 is 0 Å². The molecule has 0 fully saturated rings. The molecule has 0 aromatic heterocycles. The van der Waals surface area contributed by atoms with E-state index in [1.54, 1.807) is 0 Å². The van der Waals surface area contributed by atoms with Crippen molar-refractivity contribution >= 4 is 23.9 Å². The van der Waals surface area contributed by atoms with Crippen LogP contribution in [0.5, 0.6) is 0 Å².